The van der Waals surface area contributed by atoms with E-state index in [9.17, 15) is 4.79 Å². The maximum atomic E-state index is 11.7. The lowest BCUT2D eigenvalue weighted by Gasteiger charge is -2.06. The maximum absolute atomic E-state index is 11.7. The Hall–Kier alpha value is -2.43. The van der Waals surface area contributed by atoms with Gasteiger partial charge in [0.05, 0.1) is 16.7 Å². The molecule has 0 unspecified atom stereocenters. The number of carbonyl (C=O) groups is 1. The first kappa shape index (κ1) is 10.7. The van der Waals surface area contributed by atoms with E-state index in [0.717, 1.165) is 22.5 Å². The summed E-state index contributed by atoms with van der Waals surface area (Å²) < 4.78 is 1.68. The Labute approximate surface area is 103 Å². The number of aromatic nitrogens is 4. The predicted octanol–water partition coefficient (Wildman–Crippen LogP) is 2.26. The standard InChI is InChI=1S/C13H12N4O/c1-8(18)10-6-11-12(16-9(2)15-11)7-13(10)17-5-3-4-14-17/h3-7H,1-2H3,(H,15,16). The minimum atomic E-state index is 0.00894. The van der Waals surface area contributed by atoms with E-state index in [1.807, 2.05) is 31.3 Å². The Bertz CT molecular complexity index is 725. The summed E-state index contributed by atoms with van der Waals surface area (Å²) >= 11 is 0. The second-order valence-electron chi connectivity index (χ2n) is 4.22. The molecule has 1 aromatic carbocycles. The van der Waals surface area contributed by atoms with Gasteiger partial charge >= 0.3 is 0 Å². The second-order valence-corrected chi connectivity index (χ2v) is 4.22. The fourth-order valence-corrected chi connectivity index (χ4v) is 2.06. The molecule has 18 heavy (non-hydrogen) atoms. The summed E-state index contributed by atoms with van der Waals surface area (Å²) in [6.07, 6.45) is 3.50. The zero-order valence-corrected chi connectivity index (χ0v) is 10.1. The third-order valence-electron chi connectivity index (χ3n) is 2.85. The van der Waals surface area contributed by atoms with Crippen molar-refractivity contribution in [3.8, 4) is 5.69 Å². The third kappa shape index (κ3) is 1.60. The van der Waals surface area contributed by atoms with Gasteiger partial charge in [-0.1, -0.05) is 0 Å². The molecule has 0 bridgehead atoms. The van der Waals surface area contributed by atoms with Crippen molar-refractivity contribution in [1.29, 1.82) is 0 Å². The number of rotatable bonds is 2. The molecule has 2 heterocycles. The Balaban J connectivity index is 2.33. The SMILES string of the molecule is CC(=O)c1cc2[nH]c(C)nc2cc1-n1cccn1. The zero-order valence-electron chi connectivity index (χ0n) is 10.1. The van der Waals surface area contributed by atoms with Crippen molar-refractivity contribution in [2.75, 3.05) is 0 Å². The molecule has 0 aliphatic carbocycles. The number of aryl methyl sites for hydroxylation is 1. The summed E-state index contributed by atoms with van der Waals surface area (Å²) in [7, 11) is 0. The lowest BCUT2D eigenvalue weighted by molar-refractivity contribution is 0.101. The summed E-state index contributed by atoms with van der Waals surface area (Å²) in [5, 5.41) is 4.17. The van der Waals surface area contributed by atoms with Gasteiger partial charge in [0.2, 0.25) is 0 Å². The van der Waals surface area contributed by atoms with E-state index in [1.165, 1.54) is 0 Å². The molecule has 3 rings (SSSR count). The molecule has 0 spiro atoms. The van der Waals surface area contributed by atoms with Crippen molar-refractivity contribution in [3.63, 3.8) is 0 Å². The molecule has 2 aromatic heterocycles. The predicted molar refractivity (Wildman–Crippen MR) is 68.0 cm³/mol. The first-order valence-corrected chi connectivity index (χ1v) is 5.66. The summed E-state index contributed by atoms with van der Waals surface area (Å²) in [4.78, 5) is 19.2. The van der Waals surface area contributed by atoms with Crippen LogP contribution in [-0.2, 0) is 0 Å². The number of imidazole rings is 1. The minimum absolute atomic E-state index is 0.00894. The Kier molecular flexibility index (Phi) is 2.26. The van der Waals surface area contributed by atoms with Crippen molar-refractivity contribution in [1.82, 2.24) is 19.7 Å². The van der Waals surface area contributed by atoms with Crippen LogP contribution in [0.3, 0.4) is 0 Å². The molecule has 5 nitrogen and oxygen atoms in total. The lowest BCUT2D eigenvalue weighted by atomic mass is 10.1. The lowest BCUT2D eigenvalue weighted by Crippen LogP contribution is -2.04. The van der Waals surface area contributed by atoms with Crippen molar-refractivity contribution < 1.29 is 4.79 Å². The van der Waals surface area contributed by atoms with Crippen molar-refractivity contribution >= 4 is 16.8 Å². The normalized spacial score (nSPS) is 11.0. The van der Waals surface area contributed by atoms with E-state index < -0.39 is 0 Å². The highest BCUT2D eigenvalue weighted by molar-refractivity contribution is 6.01. The van der Waals surface area contributed by atoms with Crippen molar-refractivity contribution in [2.24, 2.45) is 0 Å². The fourth-order valence-electron chi connectivity index (χ4n) is 2.06. The van der Waals surface area contributed by atoms with E-state index in [0.29, 0.717) is 5.56 Å². The van der Waals surface area contributed by atoms with Gasteiger partial charge in [-0.05, 0) is 32.0 Å². The van der Waals surface area contributed by atoms with Crippen LogP contribution < -0.4 is 0 Å². The van der Waals surface area contributed by atoms with Crippen LogP contribution in [0.2, 0.25) is 0 Å². The number of carbonyl (C=O) groups excluding carboxylic acids is 1. The highest BCUT2D eigenvalue weighted by Gasteiger charge is 2.13. The first-order chi connectivity index (χ1) is 8.65. The van der Waals surface area contributed by atoms with E-state index in [4.69, 9.17) is 0 Å². The van der Waals surface area contributed by atoms with E-state index in [1.54, 1.807) is 17.8 Å². The molecular weight excluding hydrogens is 228 g/mol. The van der Waals surface area contributed by atoms with Crippen molar-refractivity contribution in [3.05, 3.63) is 42.0 Å². The van der Waals surface area contributed by atoms with Gasteiger partial charge in [0, 0.05) is 18.0 Å². The number of benzene rings is 1. The van der Waals surface area contributed by atoms with E-state index >= 15 is 0 Å². The average Bonchev–Trinajstić information content (AvgIpc) is 2.93. The Morgan fingerprint density at radius 1 is 1.39 bits per heavy atom. The summed E-state index contributed by atoms with van der Waals surface area (Å²) in [6, 6.07) is 5.53. The molecular formula is C13H12N4O. The van der Waals surface area contributed by atoms with Crippen LogP contribution in [0.4, 0.5) is 0 Å². The van der Waals surface area contributed by atoms with Crippen LogP contribution in [0.1, 0.15) is 23.1 Å². The zero-order chi connectivity index (χ0) is 12.7. The van der Waals surface area contributed by atoms with Crippen LogP contribution in [0.5, 0.6) is 0 Å². The molecule has 90 valence electrons. The van der Waals surface area contributed by atoms with Crippen molar-refractivity contribution in [2.45, 2.75) is 13.8 Å². The van der Waals surface area contributed by atoms with Gasteiger partial charge in [-0.25, -0.2) is 9.67 Å². The number of nitrogens with one attached hydrogen (secondary N) is 1. The molecule has 3 aromatic rings. The second kappa shape index (κ2) is 3.80. The van der Waals surface area contributed by atoms with Gasteiger partial charge in [0.15, 0.2) is 5.78 Å². The number of H-pyrrole nitrogens is 1. The van der Waals surface area contributed by atoms with Gasteiger partial charge in [0.25, 0.3) is 0 Å². The number of ketones is 1. The van der Waals surface area contributed by atoms with E-state index in [2.05, 4.69) is 15.1 Å². The van der Waals surface area contributed by atoms with Gasteiger partial charge in [-0.15, -0.1) is 0 Å². The molecule has 0 aliphatic heterocycles. The van der Waals surface area contributed by atoms with Crippen LogP contribution in [-0.4, -0.2) is 25.5 Å². The summed E-state index contributed by atoms with van der Waals surface area (Å²) in [6.45, 7) is 3.44. The fraction of sp³-hybridized carbons (Fsp3) is 0.154. The Morgan fingerprint density at radius 3 is 2.89 bits per heavy atom. The summed E-state index contributed by atoms with van der Waals surface area (Å²) in [5.74, 6) is 0.840. The van der Waals surface area contributed by atoms with Gasteiger partial charge in [-0.3, -0.25) is 4.79 Å². The Morgan fingerprint density at radius 2 is 2.22 bits per heavy atom. The summed E-state index contributed by atoms with van der Waals surface area (Å²) in [5.41, 5.74) is 3.10. The maximum Gasteiger partial charge on any atom is 0.162 e. The largest absolute Gasteiger partial charge is 0.342 e. The number of Topliss-reactive ketones (excluding diaryl/α,β-unsaturated/α-hetero) is 1. The van der Waals surface area contributed by atoms with Crippen LogP contribution in [0.25, 0.3) is 16.7 Å². The first-order valence-electron chi connectivity index (χ1n) is 5.66. The van der Waals surface area contributed by atoms with Gasteiger partial charge < -0.3 is 4.98 Å². The smallest absolute Gasteiger partial charge is 0.162 e. The highest BCUT2D eigenvalue weighted by Crippen LogP contribution is 2.21. The van der Waals surface area contributed by atoms with Crippen LogP contribution in [0, 0.1) is 6.92 Å². The molecule has 0 aliphatic rings. The molecule has 0 radical (unpaired) electrons. The number of nitrogens with zero attached hydrogens (tertiary/aromatic N) is 3. The molecule has 0 amide bonds. The van der Waals surface area contributed by atoms with Gasteiger partial charge in [0.1, 0.15) is 5.82 Å². The molecule has 5 heteroatoms. The van der Waals surface area contributed by atoms with Crippen LogP contribution in [0.15, 0.2) is 30.6 Å². The van der Waals surface area contributed by atoms with Gasteiger partial charge in [-0.2, -0.15) is 5.10 Å². The number of fused-ring (bicyclic) bond motifs is 1. The molecule has 0 atom stereocenters. The molecule has 0 saturated carbocycles. The molecule has 0 saturated heterocycles. The topological polar surface area (TPSA) is 63.6 Å². The van der Waals surface area contributed by atoms with E-state index in [-0.39, 0.29) is 5.78 Å². The number of aromatic amines is 1. The highest BCUT2D eigenvalue weighted by atomic mass is 16.1. The monoisotopic (exact) mass is 240 g/mol. The van der Waals surface area contributed by atoms with Crippen LogP contribution >= 0.6 is 0 Å². The quantitative estimate of drug-likeness (QED) is 0.699. The number of hydrogen-bond acceptors (Lipinski definition) is 3. The third-order valence-corrected chi connectivity index (χ3v) is 2.85. The minimum Gasteiger partial charge on any atom is -0.342 e. The molecule has 0 fully saturated rings. The number of hydrogen-bond donors (Lipinski definition) is 1. The average molecular weight is 240 g/mol. The molecule has 1 N–H and O–H groups in total.